The van der Waals surface area contributed by atoms with E-state index in [4.69, 9.17) is 0 Å². The molecule has 0 saturated heterocycles. The molecule has 1 rings (SSSR count). The number of halogens is 2. The normalized spacial score (nSPS) is 12.9. The smallest absolute Gasteiger partial charge is 0.233 e. The van der Waals surface area contributed by atoms with E-state index in [0.717, 1.165) is 0 Å². The maximum absolute atomic E-state index is 12.6. The molecule has 0 bridgehead atoms. The maximum atomic E-state index is 12.6. The standard InChI is InChI=1S/C10H11BrFOS/c1-14(2)10(11)9(13)7-3-5-8(12)6-4-7/h3-6,10H,1-2H3/q+1. The lowest BCUT2D eigenvalue weighted by atomic mass is 10.1. The van der Waals surface area contributed by atoms with Crippen LogP contribution < -0.4 is 0 Å². The van der Waals surface area contributed by atoms with Crippen LogP contribution in [0.25, 0.3) is 0 Å². The average Bonchev–Trinajstić information content (AvgIpc) is 2.16. The lowest BCUT2D eigenvalue weighted by molar-refractivity contribution is 0.101. The fraction of sp³-hybridized carbons (Fsp3) is 0.300. The molecule has 1 aromatic carbocycles. The van der Waals surface area contributed by atoms with E-state index in [2.05, 4.69) is 15.9 Å². The van der Waals surface area contributed by atoms with E-state index in [1.54, 1.807) is 0 Å². The summed E-state index contributed by atoms with van der Waals surface area (Å²) in [6.45, 7) is 0. The third-order valence-electron chi connectivity index (χ3n) is 1.75. The number of alkyl halides is 1. The minimum Gasteiger partial charge on any atom is -0.287 e. The topological polar surface area (TPSA) is 17.1 Å². The molecule has 0 aliphatic carbocycles. The van der Waals surface area contributed by atoms with Gasteiger partial charge in [0.15, 0.2) is 0 Å². The molecule has 1 atom stereocenters. The number of ketones is 1. The van der Waals surface area contributed by atoms with E-state index >= 15 is 0 Å². The van der Waals surface area contributed by atoms with Gasteiger partial charge in [-0.2, -0.15) is 0 Å². The maximum Gasteiger partial charge on any atom is 0.233 e. The number of carbonyl (C=O) groups is 1. The highest BCUT2D eigenvalue weighted by Gasteiger charge is 2.27. The Kier molecular flexibility index (Phi) is 4.13. The van der Waals surface area contributed by atoms with Crippen molar-refractivity contribution in [2.45, 2.75) is 4.16 Å². The van der Waals surface area contributed by atoms with Crippen molar-refractivity contribution in [1.82, 2.24) is 0 Å². The Bertz CT molecular complexity index is 323. The van der Waals surface area contributed by atoms with Gasteiger partial charge in [-0.25, -0.2) is 4.39 Å². The van der Waals surface area contributed by atoms with Gasteiger partial charge in [0.2, 0.25) is 9.94 Å². The largest absolute Gasteiger partial charge is 0.287 e. The summed E-state index contributed by atoms with van der Waals surface area (Å²) in [5.74, 6) is -0.307. The Balaban J connectivity index is 2.84. The summed E-state index contributed by atoms with van der Waals surface area (Å²) in [4.78, 5) is 11.7. The Morgan fingerprint density at radius 2 is 1.86 bits per heavy atom. The molecule has 0 heterocycles. The van der Waals surface area contributed by atoms with Crippen molar-refractivity contribution >= 4 is 32.6 Å². The minimum atomic E-state index is -0.320. The van der Waals surface area contributed by atoms with E-state index in [9.17, 15) is 9.18 Å². The molecule has 0 aliphatic rings. The number of hydrogen-bond acceptors (Lipinski definition) is 1. The summed E-state index contributed by atoms with van der Waals surface area (Å²) in [7, 11) is -0.0229. The van der Waals surface area contributed by atoms with Gasteiger partial charge in [0.25, 0.3) is 0 Å². The molecule has 0 spiro atoms. The molecule has 0 fully saturated rings. The molecule has 4 heteroatoms. The van der Waals surface area contributed by atoms with Crippen LogP contribution in [-0.2, 0) is 10.9 Å². The van der Waals surface area contributed by atoms with Crippen molar-refractivity contribution in [1.29, 1.82) is 0 Å². The summed E-state index contributed by atoms with van der Waals surface area (Å²) in [5.41, 5.74) is 0.550. The third-order valence-corrected chi connectivity index (χ3v) is 5.45. The van der Waals surface area contributed by atoms with Crippen LogP contribution in [0.2, 0.25) is 0 Å². The monoisotopic (exact) mass is 277 g/mol. The Labute approximate surface area is 94.2 Å². The van der Waals surface area contributed by atoms with Gasteiger partial charge in [0, 0.05) is 16.5 Å². The SMILES string of the molecule is C[S+](C)C(Br)C(=O)c1ccc(F)cc1. The molecule has 1 nitrogen and oxygen atoms in total. The van der Waals surface area contributed by atoms with Gasteiger partial charge in [0.1, 0.15) is 5.82 Å². The molecule has 0 saturated carbocycles. The van der Waals surface area contributed by atoms with Gasteiger partial charge in [-0.1, -0.05) is 0 Å². The first-order valence-electron chi connectivity index (χ1n) is 4.02. The molecule has 0 aliphatic heterocycles. The van der Waals surface area contributed by atoms with Gasteiger partial charge in [-0.15, -0.1) is 0 Å². The van der Waals surface area contributed by atoms with Crippen LogP contribution in [0, 0.1) is 5.82 Å². The summed E-state index contributed by atoms with van der Waals surface area (Å²) in [6, 6.07) is 5.63. The van der Waals surface area contributed by atoms with E-state index in [0.29, 0.717) is 5.56 Å². The van der Waals surface area contributed by atoms with E-state index < -0.39 is 0 Å². The molecular weight excluding hydrogens is 267 g/mol. The van der Waals surface area contributed by atoms with Crippen LogP contribution in [0.5, 0.6) is 0 Å². The second-order valence-electron chi connectivity index (χ2n) is 3.07. The van der Waals surface area contributed by atoms with Crippen LogP contribution in [-0.4, -0.2) is 22.5 Å². The van der Waals surface area contributed by atoms with E-state index in [1.165, 1.54) is 24.3 Å². The van der Waals surface area contributed by atoms with Gasteiger partial charge in [-0.3, -0.25) is 4.79 Å². The number of benzene rings is 1. The highest BCUT2D eigenvalue weighted by atomic mass is 79.9. The summed E-state index contributed by atoms with van der Waals surface area (Å²) in [5, 5.41) is 0. The van der Waals surface area contributed by atoms with Crippen LogP contribution in [0.3, 0.4) is 0 Å². The molecule has 1 unspecified atom stereocenters. The van der Waals surface area contributed by atoms with E-state index in [1.807, 2.05) is 12.5 Å². The first-order chi connectivity index (χ1) is 6.52. The highest BCUT2D eigenvalue weighted by Crippen LogP contribution is 2.15. The van der Waals surface area contributed by atoms with Crippen molar-refractivity contribution in [2.24, 2.45) is 0 Å². The quantitative estimate of drug-likeness (QED) is 0.472. The van der Waals surface area contributed by atoms with Crippen molar-refractivity contribution in [2.75, 3.05) is 12.5 Å². The molecule has 0 radical (unpaired) electrons. The molecule has 1 aromatic rings. The Morgan fingerprint density at radius 1 is 1.36 bits per heavy atom. The molecular formula is C10H11BrFOS+. The summed E-state index contributed by atoms with van der Waals surface area (Å²) in [6.07, 6.45) is 3.97. The van der Waals surface area contributed by atoms with Crippen molar-refractivity contribution in [3.8, 4) is 0 Å². The van der Waals surface area contributed by atoms with Gasteiger partial charge in [0.05, 0.1) is 12.5 Å². The predicted molar refractivity (Wildman–Crippen MR) is 62.7 cm³/mol. The van der Waals surface area contributed by atoms with Crippen molar-refractivity contribution in [3.05, 3.63) is 35.6 Å². The van der Waals surface area contributed by atoms with Gasteiger partial charge in [-0.05, 0) is 40.2 Å². The molecule has 0 aromatic heterocycles. The Hall–Kier alpha value is -0.350. The van der Waals surface area contributed by atoms with Crippen LogP contribution in [0.1, 0.15) is 10.4 Å². The second-order valence-corrected chi connectivity index (χ2v) is 6.82. The minimum absolute atomic E-state index is 0.0123. The van der Waals surface area contributed by atoms with Crippen molar-refractivity contribution < 1.29 is 9.18 Å². The second kappa shape index (κ2) is 4.94. The zero-order valence-electron chi connectivity index (χ0n) is 7.96. The molecule has 0 N–H and O–H groups in total. The highest BCUT2D eigenvalue weighted by molar-refractivity contribution is 9.11. The van der Waals surface area contributed by atoms with Crippen LogP contribution in [0.4, 0.5) is 4.39 Å². The Morgan fingerprint density at radius 3 is 2.29 bits per heavy atom. The van der Waals surface area contributed by atoms with Crippen molar-refractivity contribution in [3.63, 3.8) is 0 Å². The number of rotatable bonds is 3. The van der Waals surface area contributed by atoms with Crippen LogP contribution in [0.15, 0.2) is 24.3 Å². The third kappa shape index (κ3) is 2.82. The first kappa shape index (κ1) is 11.7. The van der Waals surface area contributed by atoms with Gasteiger partial charge < -0.3 is 0 Å². The zero-order chi connectivity index (χ0) is 10.7. The van der Waals surface area contributed by atoms with E-state index in [-0.39, 0.29) is 26.7 Å². The first-order valence-corrected chi connectivity index (χ1v) is 7.04. The van der Waals surface area contributed by atoms with Crippen LogP contribution >= 0.6 is 15.9 Å². The molecule has 0 amide bonds. The lowest BCUT2D eigenvalue weighted by Gasteiger charge is -2.05. The molecule has 76 valence electrons. The summed E-state index contributed by atoms with van der Waals surface area (Å²) < 4.78 is 12.4. The number of hydrogen-bond donors (Lipinski definition) is 0. The lowest BCUT2D eigenvalue weighted by Crippen LogP contribution is -2.22. The number of Topliss-reactive ketones (excluding diaryl/α,β-unsaturated/α-hetero) is 1. The summed E-state index contributed by atoms with van der Waals surface area (Å²) >= 11 is 3.33. The predicted octanol–water partition coefficient (Wildman–Crippen LogP) is 2.61. The fourth-order valence-electron chi connectivity index (χ4n) is 0.959. The fourth-order valence-corrected chi connectivity index (χ4v) is 1.79. The van der Waals surface area contributed by atoms with Gasteiger partial charge >= 0.3 is 0 Å². The average molecular weight is 278 g/mol. The number of carbonyl (C=O) groups excluding carboxylic acids is 1. The zero-order valence-corrected chi connectivity index (χ0v) is 10.4. The molecule has 14 heavy (non-hydrogen) atoms.